The van der Waals surface area contributed by atoms with Crippen LogP contribution >= 0.6 is 0 Å². The molecule has 1 aromatic carbocycles. The number of aryl methyl sites for hydroxylation is 2. The molecule has 0 spiro atoms. The average Bonchev–Trinajstić information content (AvgIpc) is 2.77. The molecule has 21 heavy (non-hydrogen) atoms. The number of alkyl halides is 3. The monoisotopic (exact) mass is 302 g/mol. The number of hydrogen-bond acceptors (Lipinski definition) is 2. The topological polar surface area (TPSA) is 38.0 Å². The minimum atomic E-state index is -4.75. The third-order valence-electron chi connectivity index (χ3n) is 3.22. The minimum absolute atomic E-state index is 0.0474. The molecule has 0 aliphatic heterocycles. The fourth-order valence-electron chi connectivity index (χ4n) is 2.07. The van der Waals surface area contributed by atoms with E-state index in [9.17, 15) is 22.7 Å². The van der Waals surface area contributed by atoms with Gasteiger partial charge in [-0.1, -0.05) is 13.0 Å². The van der Waals surface area contributed by atoms with E-state index in [1.807, 2.05) is 6.92 Å². The summed E-state index contributed by atoms with van der Waals surface area (Å²) in [5.74, 6) is -1.41. The Morgan fingerprint density at radius 2 is 1.95 bits per heavy atom. The Kier molecular flexibility index (Phi) is 4.04. The van der Waals surface area contributed by atoms with E-state index >= 15 is 0 Å². The fourth-order valence-corrected chi connectivity index (χ4v) is 2.07. The summed E-state index contributed by atoms with van der Waals surface area (Å²) in [6.07, 6.45) is -5.34. The highest BCUT2D eigenvalue weighted by Gasteiger charge is 2.34. The van der Waals surface area contributed by atoms with E-state index in [2.05, 4.69) is 5.10 Å². The molecule has 2 aromatic rings. The maximum atomic E-state index is 13.5. The molecule has 0 fully saturated rings. The van der Waals surface area contributed by atoms with Gasteiger partial charge >= 0.3 is 6.18 Å². The molecule has 0 saturated carbocycles. The molecule has 2 rings (SSSR count). The average molecular weight is 302 g/mol. The van der Waals surface area contributed by atoms with Gasteiger partial charge in [0.25, 0.3) is 0 Å². The molecule has 0 bridgehead atoms. The highest BCUT2D eigenvalue weighted by atomic mass is 19.4. The normalized spacial score (nSPS) is 13.5. The Balaban J connectivity index is 2.38. The van der Waals surface area contributed by atoms with Crippen LogP contribution in [0.2, 0.25) is 0 Å². The van der Waals surface area contributed by atoms with Crippen molar-refractivity contribution in [2.75, 3.05) is 0 Å². The molecule has 0 amide bonds. The molecule has 1 unspecified atom stereocenters. The van der Waals surface area contributed by atoms with Crippen LogP contribution < -0.4 is 0 Å². The van der Waals surface area contributed by atoms with Gasteiger partial charge in [-0.3, -0.25) is 4.68 Å². The molecule has 0 saturated heterocycles. The van der Waals surface area contributed by atoms with Crippen LogP contribution in [0.4, 0.5) is 17.6 Å². The third kappa shape index (κ3) is 3.07. The van der Waals surface area contributed by atoms with Crippen molar-refractivity contribution in [1.29, 1.82) is 0 Å². The summed E-state index contributed by atoms with van der Waals surface area (Å²) in [4.78, 5) is 0. The van der Waals surface area contributed by atoms with Crippen LogP contribution in [0.1, 0.15) is 35.5 Å². The van der Waals surface area contributed by atoms with Crippen molar-refractivity contribution in [2.45, 2.75) is 25.6 Å². The summed E-state index contributed by atoms with van der Waals surface area (Å²) in [5.41, 5.74) is -0.172. The summed E-state index contributed by atoms with van der Waals surface area (Å²) in [7, 11) is 1.61. The first-order valence-electron chi connectivity index (χ1n) is 6.31. The largest absolute Gasteiger partial charge is 0.419 e. The third-order valence-corrected chi connectivity index (χ3v) is 3.22. The van der Waals surface area contributed by atoms with Crippen LogP contribution in [-0.2, 0) is 19.6 Å². The number of nitrogens with zero attached hydrogens (tertiary/aromatic N) is 2. The first kappa shape index (κ1) is 15.5. The Morgan fingerprint density at radius 1 is 1.29 bits per heavy atom. The zero-order chi connectivity index (χ0) is 15.8. The van der Waals surface area contributed by atoms with E-state index in [-0.39, 0.29) is 5.56 Å². The highest BCUT2D eigenvalue weighted by molar-refractivity contribution is 5.32. The van der Waals surface area contributed by atoms with E-state index in [1.54, 1.807) is 13.1 Å². The fraction of sp³-hybridized carbons (Fsp3) is 0.357. The van der Waals surface area contributed by atoms with E-state index < -0.39 is 23.7 Å². The lowest BCUT2D eigenvalue weighted by atomic mass is 10.0. The molecule has 1 atom stereocenters. The van der Waals surface area contributed by atoms with Gasteiger partial charge in [-0.15, -0.1) is 0 Å². The number of benzene rings is 1. The molecule has 0 aliphatic carbocycles. The Morgan fingerprint density at radius 3 is 2.43 bits per heavy atom. The summed E-state index contributed by atoms with van der Waals surface area (Å²) in [6.45, 7) is 1.89. The molecular formula is C14H14F4N2O. The quantitative estimate of drug-likeness (QED) is 0.884. The lowest BCUT2D eigenvalue weighted by Gasteiger charge is -2.14. The number of aliphatic hydroxyl groups excluding tert-OH is 1. The SMILES string of the molecule is CCc1cc(C(O)c2ccc(C(F)(F)F)c(F)c2)n(C)n1. The maximum absolute atomic E-state index is 13.5. The van der Waals surface area contributed by atoms with Gasteiger partial charge in [-0.2, -0.15) is 18.3 Å². The molecule has 0 aliphatic rings. The van der Waals surface area contributed by atoms with Crippen LogP contribution in [0.15, 0.2) is 24.3 Å². The van der Waals surface area contributed by atoms with E-state index in [1.165, 1.54) is 4.68 Å². The lowest BCUT2D eigenvalue weighted by Crippen LogP contribution is -2.11. The number of hydrogen-bond donors (Lipinski definition) is 1. The summed E-state index contributed by atoms with van der Waals surface area (Å²) >= 11 is 0. The minimum Gasteiger partial charge on any atom is -0.382 e. The van der Waals surface area contributed by atoms with Crippen LogP contribution in [-0.4, -0.2) is 14.9 Å². The summed E-state index contributed by atoms with van der Waals surface area (Å²) in [5, 5.41) is 14.3. The van der Waals surface area contributed by atoms with E-state index in [4.69, 9.17) is 0 Å². The van der Waals surface area contributed by atoms with Gasteiger partial charge < -0.3 is 5.11 Å². The zero-order valence-electron chi connectivity index (χ0n) is 11.4. The first-order valence-corrected chi connectivity index (χ1v) is 6.31. The Hall–Kier alpha value is -1.89. The predicted octanol–water partition coefficient (Wildman–Crippen LogP) is 3.22. The second-order valence-electron chi connectivity index (χ2n) is 4.68. The standard InChI is InChI=1S/C14H14F4N2O/c1-3-9-7-12(20(2)19-9)13(21)8-4-5-10(11(15)6-8)14(16,17)18/h4-7,13,21H,3H2,1-2H3. The van der Waals surface area contributed by atoms with Crippen molar-refractivity contribution in [3.8, 4) is 0 Å². The molecule has 114 valence electrons. The molecule has 3 nitrogen and oxygen atoms in total. The molecule has 1 heterocycles. The smallest absolute Gasteiger partial charge is 0.382 e. The predicted molar refractivity (Wildman–Crippen MR) is 68.0 cm³/mol. The Labute approximate surface area is 118 Å². The van der Waals surface area contributed by atoms with Crippen molar-refractivity contribution >= 4 is 0 Å². The number of aromatic nitrogens is 2. The highest BCUT2D eigenvalue weighted by Crippen LogP contribution is 2.33. The van der Waals surface area contributed by atoms with E-state index in [0.717, 1.165) is 11.8 Å². The van der Waals surface area contributed by atoms with Crippen molar-refractivity contribution < 1.29 is 22.7 Å². The molecule has 1 N–H and O–H groups in total. The van der Waals surface area contributed by atoms with Crippen molar-refractivity contribution in [3.63, 3.8) is 0 Å². The van der Waals surface area contributed by atoms with E-state index in [0.29, 0.717) is 24.2 Å². The summed E-state index contributed by atoms with van der Waals surface area (Å²) in [6, 6.07) is 4.03. The van der Waals surface area contributed by atoms with Crippen LogP contribution in [0, 0.1) is 5.82 Å². The van der Waals surface area contributed by atoms with Crippen molar-refractivity contribution in [3.05, 3.63) is 52.6 Å². The second kappa shape index (κ2) is 5.48. The molecule has 0 radical (unpaired) electrons. The van der Waals surface area contributed by atoms with Gasteiger partial charge in [0.1, 0.15) is 11.9 Å². The van der Waals surface area contributed by atoms with Gasteiger partial charge in [-0.05, 0) is 30.2 Å². The van der Waals surface area contributed by atoms with Crippen molar-refractivity contribution in [1.82, 2.24) is 9.78 Å². The second-order valence-corrected chi connectivity index (χ2v) is 4.68. The van der Waals surface area contributed by atoms with Gasteiger partial charge in [0, 0.05) is 7.05 Å². The number of rotatable bonds is 3. The van der Waals surface area contributed by atoms with Gasteiger partial charge in [-0.25, -0.2) is 4.39 Å². The first-order chi connectivity index (χ1) is 9.74. The molecular weight excluding hydrogens is 288 g/mol. The number of aliphatic hydroxyl groups is 1. The maximum Gasteiger partial charge on any atom is 0.419 e. The van der Waals surface area contributed by atoms with Crippen molar-refractivity contribution in [2.24, 2.45) is 7.05 Å². The zero-order valence-corrected chi connectivity index (χ0v) is 11.4. The molecule has 7 heteroatoms. The number of halogens is 4. The van der Waals surface area contributed by atoms with Gasteiger partial charge in [0.05, 0.1) is 17.0 Å². The summed E-state index contributed by atoms with van der Waals surface area (Å²) < 4.78 is 52.5. The van der Waals surface area contributed by atoms with Crippen LogP contribution in [0.3, 0.4) is 0 Å². The van der Waals surface area contributed by atoms with Crippen LogP contribution in [0.25, 0.3) is 0 Å². The van der Waals surface area contributed by atoms with Crippen LogP contribution in [0.5, 0.6) is 0 Å². The van der Waals surface area contributed by atoms with Gasteiger partial charge in [0.2, 0.25) is 0 Å². The Bertz CT molecular complexity index is 649. The van der Waals surface area contributed by atoms with Gasteiger partial charge in [0.15, 0.2) is 0 Å². The lowest BCUT2D eigenvalue weighted by molar-refractivity contribution is -0.140. The molecule has 1 aromatic heterocycles.